The smallest absolute Gasteiger partial charge is 0.329 e. The Labute approximate surface area is 180 Å². The van der Waals surface area contributed by atoms with Crippen LogP contribution in [0, 0.1) is 13.8 Å². The normalized spacial score (nSPS) is 11.5. The van der Waals surface area contributed by atoms with Gasteiger partial charge in [0.25, 0.3) is 0 Å². The lowest BCUT2D eigenvalue weighted by atomic mass is 10.1. The van der Waals surface area contributed by atoms with E-state index in [0.717, 1.165) is 11.3 Å². The first-order chi connectivity index (χ1) is 15.2. The van der Waals surface area contributed by atoms with Crippen molar-refractivity contribution in [2.45, 2.75) is 26.4 Å². The van der Waals surface area contributed by atoms with E-state index in [1.165, 1.54) is 0 Å². The number of carbonyl (C=O) groups excluding carboxylic acids is 1. The average molecular weight is 441 g/mol. The number of alkyl halides is 3. The van der Waals surface area contributed by atoms with Gasteiger partial charge >= 0.3 is 12.1 Å². The molecule has 2 aromatic heterocycles. The SMILES string of the molecule is Cc1nn(-c2ccc(-c3noc(C(F)(F)F)n3)cc2)c(C)c1CC(=O)Nc1ccccc1. The van der Waals surface area contributed by atoms with Crippen molar-refractivity contribution in [3.05, 3.63) is 77.4 Å². The van der Waals surface area contributed by atoms with Crippen LogP contribution < -0.4 is 5.32 Å². The quantitative estimate of drug-likeness (QED) is 0.484. The zero-order valence-electron chi connectivity index (χ0n) is 17.1. The minimum atomic E-state index is -4.70. The van der Waals surface area contributed by atoms with E-state index in [0.29, 0.717) is 22.6 Å². The van der Waals surface area contributed by atoms with Crippen molar-refractivity contribution in [3.63, 3.8) is 0 Å². The number of para-hydroxylation sites is 1. The lowest BCUT2D eigenvalue weighted by Crippen LogP contribution is -2.15. The van der Waals surface area contributed by atoms with Crippen molar-refractivity contribution >= 4 is 11.6 Å². The highest BCUT2D eigenvalue weighted by molar-refractivity contribution is 5.92. The number of amides is 1. The van der Waals surface area contributed by atoms with E-state index in [2.05, 4.69) is 25.1 Å². The van der Waals surface area contributed by atoms with Gasteiger partial charge in [-0.1, -0.05) is 23.4 Å². The number of anilines is 1. The third-order valence-corrected chi connectivity index (χ3v) is 4.87. The summed E-state index contributed by atoms with van der Waals surface area (Å²) in [6, 6.07) is 15.7. The Morgan fingerprint density at radius 1 is 1.06 bits per heavy atom. The standard InChI is InChI=1S/C22H18F3N5O2/c1-13-18(12-19(31)26-16-6-4-3-5-7-16)14(2)30(28-13)17-10-8-15(9-11-17)20-27-21(32-29-20)22(23,24)25/h3-11H,12H2,1-2H3,(H,26,31). The summed E-state index contributed by atoms with van der Waals surface area (Å²) in [7, 11) is 0. The molecule has 2 heterocycles. The number of nitrogens with one attached hydrogen (secondary N) is 1. The van der Waals surface area contributed by atoms with Crippen LogP contribution in [-0.4, -0.2) is 25.8 Å². The van der Waals surface area contributed by atoms with Gasteiger partial charge in [0, 0.05) is 22.5 Å². The Kier molecular flexibility index (Phi) is 5.52. The predicted molar refractivity (Wildman–Crippen MR) is 110 cm³/mol. The molecule has 4 rings (SSSR count). The molecule has 0 saturated carbocycles. The maximum absolute atomic E-state index is 12.7. The largest absolute Gasteiger partial charge is 0.471 e. The number of hydrogen-bond acceptors (Lipinski definition) is 5. The minimum absolute atomic E-state index is 0.157. The van der Waals surface area contributed by atoms with Crippen LogP contribution in [0.25, 0.3) is 17.1 Å². The molecule has 0 spiro atoms. The Morgan fingerprint density at radius 2 is 1.75 bits per heavy atom. The third kappa shape index (κ3) is 4.39. The Balaban J connectivity index is 1.53. The molecule has 1 amide bonds. The summed E-state index contributed by atoms with van der Waals surface area (Å²) in [6.07, 6.45) is -4.54. The predicted octanol–water partition coefficient (Wildman–Crippen LogP) is 4.74. The second-order valence-electron chi connectivity index (χ2n) is 7.12. The summed E-state index contributed by atoms with van der Waals surface area (Å²) in [5, 5.41) is 10.8. The van der Waals surface area contributed by atoms with Gasteiger partial charge < -0.3 is 9.84 Å². The van der Waals surface area contributed by atoms with Gasteiger partial charge in [0.05, 0.1) is 17.8 Å². The molecule has 2 aromatic carbocycles. The summed E-state index contributed by atoms with van der Waals surface area (Å²) in [6.45, 7) is 3.68. The molecule has 4 aromatic rings. The summed E-state index contributed by atoms with van der Waals surface area (Å²) in [5.41, 5.74) is 4.07. The van der Waals surface area contributed by atoms with Crippen LogP contribution in [0.5, 0.6) is 0 Å². The first-order valence-corrected chi connectivity index (χ1v) is 9.64. The van der Waals surface area contributed by atoms with Gasteiger partial charge in [-0.3, -0.25) is 4.79 Å². The summed E-state index contributed by atoms with van der Waals surface area (Å²) in [4.78, 5) is 15.8. The number of benzene rings is 2. The van der Waals surface area contributed by atoms with Gasteiger partial charge in [-0.05, 0) is 50.2 Å². The van der Waals surface area contributed by atoms with Crippen LogP contribution in [-0.2, 0) is 17.4 Å². The monoisotopic (exact) mass is 441 g/mol. The zero-order valence-corrected chi connectivity index (χ0v) is 17.1. The van der Waals surface area contributed by atoms with Gasteiger partial charge in [-0.15, -0.1) is 0 Å². The fraction of sp³-hybridized carbons (Fsp3) is 0.182. The van der Waals surface area contributed by atoms with Gasteiger partial charge in [0.2, 0.25) is 11.7 Å². The molecular weight excluding hydrogens is 423 g/mol. The molecule has 0 radical (unpaired) electrons. The minimum Gasteiger partial charge on any atom is -0.329 e. The molecule has 0 fully saturated rings. The fourth-order valence-electron chi connectivity index (χ4n) is 3.28. The van der Waals surface area contributed by atoms with Crippen LogP contribution >= 0.6 is 0 Å². The summed E-state index contributed by atoms with van der Waals surface area (Å²) in [5.74, 6) is -1.71. The van der Waals surface area contributed by atoms with Gasteiger partial charge in [0.15, 0.2) is 0 Å². The first-order valence-electron chi connectivity index (χ1n) is 9.64. The van der Waals surface area contributed by atoms with Crippen molar-refractivity contribution in [2.75, 3.05) is 5.32 Å². The molecule has 164 valence electrons. The molecule has 7 nitrogen and oxygen atoms in total. The molecule has 0 saturated heterocycles. The van der Waals surface area contributed by atoms with Gasteiger partial charge in [-0.25, -0.2) is 4.68 Å². The maximum atomic E-state index is 12.7. The number of halogens is 3. The van der Waals surface area contributed by atoms with Gasteiger partial charge in [-0.2, -0.15) is 23.3 Å². The number of rotatable bonds is 5. The van der Waals surface area contributed by atoms with E-state index >= 15 is 0 Å². The topological polar surface area (TPSA) is 85.8 Å². The highest BCUT2D eigenvalue weighted by atomic mass is 19.4. The Bertz CT molecular complexity index is 1250. The van der Waals surface area contributed by atoms with E-state index in [9.17, 15) is 18.0 Å². The summed E-state index contributed by atoms with van der Waals surface area (Å²) < 4.78 is 43.9. The Morgan fingerprint density at radius 3 is 2.38 bits per heavy atom. The fourth-order valence-corrected chi connectivity index (χ4v) is 3.28. The number of aryl methyl sites for hydroxylation is 1. The van der Waals surface area contributed by atoms with Crippen molar-refractivity contribution < 1.29 is 22.5 Å². The Hall–Kier alpha value is -3.95. The van der Waals surface area contributed by atoms with E-state index in [-0.39, 0.29) is 18.2 Å². The highest BCUT2D eigenvalue weighted by Crippen LogP contribution is 2.29. The molecule has 0 atom stereocenters. The lowest BCUT2D eigenvalue weighted by Gasteiger charge is -2.07. The van der Waals surface area contributed by atoms with Crippen LogP contribution in [0.3, 0.4) is 0 Å². The first kappa shape index (κ1) is 21.3. The molecule has 0 aliphatic rings. The van der Waals surface area contributed by atoms with E-state index < -0.39 is 12.1 Å². The van der Waals surface area contributed by atoms with Crippen molar-refractivity contribution in [1.82, 2.24) is 19.9 Å². The van der Waals surface area contributed by atoms with E-state index in [1.54, 1.807) is 28.9 Å². The molecule has 0 aliphatic heterocycles. The molecular formula is C22H18F3N5O2. The average Bonchev–Trinajstić information content (AvgIpc) is 3.36. The van der Waals surface area contributed by atoms with E-state index in [1.807, 2.05) is 44.2 Å². The van der Waals surface area contributed by atoms with Crippen LogP contribution in [0.15, 0.2) is 59.1 Å². The zero-order chi connectivity index (χ0) is 22.9. The van der Waals surface area contributed by atoms with Crippen LogP contribution in [0.4, 0.5) is 18.9 Å². The van der Waals surface area contributed by atoms with Gasteiger partial charge in [0.1, 0.15) is 0 Å². The highest BCUT2D eigenvalue weighted by Gasteiger charge is 2.38. The molecule has 32 heavy (non-hydrogen) atoms. The molecule has 0 bridgehead atoms. The lowest BCUT2D eigenvalue weighted by molar-refractivity contribution is -0.159. The third-order valence-electron chi connectivity index (χ3n) is 4.87. The van der Waals surface area contributed by atoms with Crippen molar-refractivity contribution in [3.8, 4) is 17.1 Å². The molecule has 10 heteroatoms. The number of nitrogens with zero attached hydrogens (tertiary/aromatic N) is 4. The maximum Gasteiger partial charge on any atom is 0.471 e. The number of carbonyl (C=O) groups is 1. The number of aromatic nitrogens is 4. The van der Waals surface area contributed by atoms with Crippen molar-refractivity contribution in [2.24, 2.45) is 0 Å². The van der Waals surface area contributed by atoms with E-state index in [4.69, 9.17) is 0 Å². The molecule has 1 N–H and O–H groups in total. The van der Waals surface area contributed by atoms with Crippen LogP contribution in [0.1, 0.15) is 22.8 Å². The second-order valence-corrected chi connectivity index (χ2v) is 7.12. The van der Waals surface area contributed by atoms with Crippen LogP contribution in [0.2, 0.25) is 0 Å². The van der Waals surface area contributed by atoms with Crippen molar-refractivity contribution in [1.29, 1.82) is 0 Å². The number of hydrogen-bond donors (Lipinski definition) is 1. The molecule has 0 unspecified atom stereocenters. The second kappa shape index (κ2) is 8.29. The molecule has 0 aliphatic carbocycles. The summed E-state index contributed by atoms with van der Waals surface area (Å²) >= 11 is 0.